The number of hydrogen-bond donors (Lipinski definition) is 0. The second-order valence-corrected chi connectivity index (χ2v) is 5.99. The van der Waals surface area contributed by atoms with Crippen molar-refractivity contribution in [2.24, 2.45) is 5.41 Å². The molecule has 0 saturated heterocycles. The molecule has 0 rings (SSSR count). The molecule has 0 bridgehead atoms. The first-order chi connectivity index (χ1) is 10.5. The van der Waals surface area contributed by atoms with Gasteiger partial charge in [0.05, 0.1) is 19.6 Å². The lowest BCUT2D eigenvalue weighted by Crippen LogP contribution is -2.27. The Hall–Kier alpha value is -1.06. The van der Waals surface area contributed by atoms with Crippen LogP contribution in [0.1, 0.15) is 85.5 Å². The minimum Gasteiger partial charge on any atom is -0.466 e. The summed E-state index contributed by atoms with van der Waals surface area (Å²) in [6, 6.07) is 0. The average molecular weight is 314 g/mol. The molecule has 0 radical (unpaired) electrons. The molecule has 22 heavy (non-hydrogen) atoms. The Morgan fingerprint density at radius 1 is 0.773 bits per heavy atom. The molecule has 0 unspecified atom stereocenters. The molecule has 4 heteroatoms. The number of ether oxygens (including phenoxy) is 2. The molecule has 0 fully saturated rings. The number of carbonyl (C=O) groups is 2. The zero-order valence-corrected chi connectivity index (χ0v) is 14.9. The summed E-state index contributed by atoms with van der Waals surface area (Å²) in [5, 5.41) is 0. The zero-order chi connectivity index (χ0) is 16.8. The predicted octanol–water partition coefficient (Wildman–Crippen LogP) is 4.65. The van der Waals surface area contributed by atoms with E-state index in [9.17, 15) is 9.59 Å². The highest BCUT2D eigenvalue weighted by molar-refractivity contribution is 5.71. The molecule has 0 aliphatic rings. The van der Waals surface area contributed by atoms with E-state index in [0.717, 1.165) is 38.5 Å². The molecule has 0 spiro atoms. The topological polar surface area (TPSA) is 52.6 Å². The van der Waals surface area contributed by atoms with Crippen molar-refractivity contribution >= 4 is 11.9 Å². The summed E-state index contributed by atoms with van der Waals surface area (Å²) in [5.74, 6) is -0.303. The highest BCUT2D eigenvalue weighted by atomic mass is 16.5. The highest BCUT2D eigenvalue weighted by Crippen LogP contribution is 2.40. The Morgan fingerprint density at radius 2 is 1.27 bits per heavy atom. The van der Waals surface area contributed by atoms with Gasteiger partial charge in [-0.2, -0.15) is 0 Å². The van der Waals surface area contributed by atoms with Crippen LogP contribution in [0.15, 0.2) is 0 Å². The minimum absolute atomic E-state index is 0.120. The number of esters is 2. The fraction of sp³-hybridized carbons (Fsp3) is 0.889. The van der Waals surface area contributed by atoms with Crippen LogP contribution in [0.3, 0.4) is 0 Å². The minimum atomic E-state index is -0.163. The standard InChI is InChI=1S/C18H34O4/c1-5-9-12-18(13-10-6-2,15-17(20)22-8-4)14-11-16(19)21-7-3/h5-15H2,1-4H3. The number of unbranched alkanes of at least 4 members (excludes halogenated alkanes) is 2. The third kappa shape index (κ3) is 9.06. The molecule has 0 aromatic rings. The van der Waals surface area contributed by atoms with Crippen LogP contribution < -0.4 is 0 Å². The van der Waals surface area contributed by atoms with Crippen molar-refractivity contribution in [2.45, 2.75) is 85.5 Å². The van der Waals surface area contributed by atoms with Gasteiger partial charge in [-0.3, -0.25) is 9.59 Å². The van der Waals surface area contributed by atoms with Gasteiger partial charge in [0.2, 0.25) is 0 Å². The van der Waals surface area contributed by atoms with Gasteiger partial charge in [-0.05, 0) is 38.5 Å². The second kappa shape index (κ2) is 12.5. The fourth-order valence-corrected chi connectivity index (χ4v) is 2.86. The van der Waals surface area contributed by atoms with Crippen molar-refractivity contribution in [2.75, 3.05) is 13.2 Å². The lowest BCUT2D eigenvalue weighted by Gasteiger charge is -2.33. The number of carbonyl (C=O) groups excluding carboxylic acids is 2. The summed E-state index contributed by atoms with van der Waals surface area (Å²) in [6.07, 6.45) is 7.80. The molecule has 0 N–H and O–H groups in total. The second-order valence-electron chi connectivity index (χ2n) is 5.99. The molecular formula is C18H34O4. The van der Waals surface area contributed by atoms with Crippen LogP contribution in [0.4, 0.5) is 0 Å². The van der Waals surface area contributed by atoms with Crippen LogP contribution in [-0.4, -0.2) is 25.2 Å². The maximum Gasteiger partial charge on any atom is 0.306 e. The van der Waals surface area contributed by atoms with Crippen LogP contribution in [-0.2, 0) is 19.1 Å². The van der Waals surface area contributed by atoms with Gasteiger partial charge in [-0.1, -0.05) is 39.5 Å². The van der Waals surface area contributed by atoms with Crippen molar-refractivity contribution in [1.29, 1.82) is 0 Å². The Morgan fingerprint density at radius 3 is 1.73 bits per heavy atom. The first kappa shape index (κ1) is 20.9. The molecule has 0 aromatic heterocycles. The van der Waals surface area contributed by atoms with Crippen LogP contribution in [0.2, 0.25) is 0 Å². The van der Waals surface area contributed by atoms with Gasteiger partial charge in [0, 0.05) is 6.42 Å². The molecule has 0 aliphatic heterocycles. The molecule has 0 heterocycles. The van der Waals surface area contributed by atoms with Crippen LogP contribution in [0.25, 0.3) is 0 Å². The third-order valence-corrected chi connectivity index (χ3v) is 4.11. The molecule has 0 amide bonds. The summed E-state index contributed by atoms with van der Waals surface area (Å²) in [7, 11) is 0. The Kier molecular flexibility index (Phi) is 11.9. The molecule has 0 aliphatic carbocycles. The number of hydrogen-bond acceptors (Lipinski definition) is 4. The molecule has 0 aromatic carbocycles. The predicted molar refractivity (Wildman–Crippen MR) is 88.6 cm³/mol. The molecule has 0 atom stereocenters. The van der Waals surface area contributed by atoms with Crippen molar-refractivity contribution < 1.29 is 19.1 Å². The Bertz CT molecular complexity index is 304. The SMILES string of the molecule is CCCCC(CCCC)(CCC(=O)OCC)CC(=O)OCC. The quantitative estimate of drug-likeness (QED) is 0.464. The van der Waals surface area contributed by atoms with Gasteiger partial charge >= 0.3 is 11.9 Å². The van der Waals surface area contributed by atoms with Gasteiger partial charge in [0.25, 0.3) is 0 Å². The lowest BCUT2D eigenvalue weighted by atomic mass is 9.72. The molecular weight excluding hydrogens is 280 g/mol. The summed E-state index contributed by atoms with van der Waals surface area (Å²) < 4.78 is 10.2. The van der Waals surface area contributed by atoms with Crippen molar-refractivity contribution in [1.82, 2.24) is 0 Å². The van der Waals surface area contributed by atoms with Gasteiger partial charge in [0.15, 0.2) is 0 Å². The summed E-state index contributed by atoms with van der Waals surface area (Å²) in [4.78, 5) is 23.7. The monoisotopic (exact) mass is 314 g/mol. The van der Waals surface area contributed by atoms with Crippen molar-refractivity contribution in [3.05, 3.63) is 0 Å². The first-order valence-electron chi connectivity index (χ1n) is 8.84. The van der Waals surface area contributed by atoms with E-state index < -0.39 is 0 Å². The smallest absolute Gasteiger partial charge is 0.306 e. The van der Waals surface area contributed by atoms with E-state index in [1.54, 1.807) is 0 Å². The van der Waals surface area contributed by atoms with E-state index in [1.807, 2.05) is 13.8 Å². The molecule has 0 saturated carbocycles. The van der Waals surface area contributed by atoms with Crippen LogP contribution in [0, 0.1) is 5.41 Å². The van der Waals surface area contributed by atoms with E-state index in [2.05, 4.69) is 13.8 Å². The fourth-order valence-electron chi connectivity index (χ4n) is 2.86. The van der Waals surface area contributed by atoms with E-state index >= 15 is 0 Å². The van der Waals surface area contributed by atoms with E-state index in [-0.39, 0.29) is 17.4 Å². The maximum atomic E-state index is 12.0. The van der Waals surface area contributed by atoms with Crippen molar-refractivity contribution in [3.63, 3.8) is 0 Å². The highest BCUT2D eigenvalue weighted by Gasteiger charge is 2.33. The Balaban J connectivity index is 4.90. The van der Waals surface area contributed by atoms with Gasteiger partial charge in [-0.25, -0.2) is 0 Å². The first-order valence-corrected chi connectivity index (χ1v) is 8.84. The normalized spacial score (nSPS) is 11.3. The lowest BCUT2D eigenvalue weighted by molar-refractivity contribution is -0.149. The largest absolute Gasteiger partial charge is 0.466 e. The molecule has 4 nitrogen and oxygen atoms in total. The zero-order valence-electron chi connectivity index (χ0n) is 14.9. The maximum absolute atomic E-state index is 12.0. The summed E-state index contributed by atoms with van der Waals surface area (Å²) in [5.41, 5.74) is -0.120. The van der Waals surface area contributed by atoms with Gasteiger partial charge in [0.1, 0.15) is 0 Å². The van der Waals surface area contributed by atoms with Crippen LogP contribution >= 0.6 is 0 Å². The van der Waals surface area contributed by atoms with E-state index in [0.29, 0.717) is 32.5 Å². The van der Waals surface area contributed by atoms with E-state index in [4.69, 9.17) is 9.47 Å². The van der Waals surface area contributed by atoms with Gasteiger partial charge in [-0.15, -0.1) is 0 Å². The summed E-state index contributed by atoms with van der Waals surface area (Å²) >= 11 is 0. The number of rotatable bonds is 13. The van der Waals surface area contributed by atoms with Gasteiger partial charge < -0.3 is 9.47 Å². The molecule has 130 valence electrons. The average Bonchev–Trinajstić information content (AvgIpc) is 2.49. The van der Waals surface area contributed by atoms with Crippen LogP contribution in [0.5, 0.6) is 0 Å². The van der Waals surface area contributed by atoms with Crippen molar-refractivity contribution in [3.8, 4) is 0 Å². The van der Waals surface area contributed by atoms with E-state index in [1.165, 1.54) is 0 Å². The summed E-state index contributed by atoms with van der Waals surface area (Å²) in [6.45, 7) is 8.77. The third-order valence-electron chi connectivity index (χ3n) is 4.11. The Labute approximate surface area is 135 Å².